The van der Waals surface area contributed by atoms with Crippen LogP contribution < -0.4 is 5.32 Å². The molecule has 0 aliphatic carbocycles. The number of rotatable bonds is 4. The average Bonchev–Trinajstić information content (AvgIpc) is 2.76. The molecular formula is C15H20F2N2O2S. The van der Waals surface area contributed by atoms with Gasteiger partial charge in [0, 0.05) is 43.3 Å². The zero-order valence-electron chi connectivity index (χ0n) is 12.5. The van der Waals surface area contributed by atoms with E-state index in [9.17, 15) is 13.6 Å². The number of amides is 2. The second-order valence-corrected chi connectivity index (χ2v) is 6.34. The van der Waals surface area contributed by atoms with E-state index in [4.69, 9.17) is 4.74 Å². The Morgan fingerprint density at radius 2 is 2.27 bits per heavy atom. The largest absolute Gasteiger partial charge is 0.383 e. The van der Waals surface area contributed by atoms with Crippen LogP contribution >= 0.6 is 11.8 Å². The highest BCUT2D eigenvalue weighted by Gasteiger charge is 2.24. The highest BCUT2D eigenvalue weighted by atomic mass is 32.2. The fraction of sp³-hybridized carbons (Fsp3) is 0.533. The lowest BCUT2D eigenvalue weighted by Gasteiger charge is -2.20. The standard InChI is InChI=1S/C15H20F2N2O2S/c1-21-8-5-18-15(20)19-6-4-14(22-9-7-19)12-10-11(16)2-3-13(12)17/h2-3,10,14H,4-9H2,1H3,(H,18,20). The Morgan fingerprint density at radius 1 is 1.45 bits per heavy atom. The molecule has 4 nitrogen and oxygen atoms in total. The first-order valence-corrected chi connectivity index (χ1v) is 8.25. The number of hydrogen-bond donors (Lipinski definition) is 1. The smallest absolute Gasteiger partial charge is 0.317 e. The summed E-state index contributed by atoms with van der Waals surface area (Å²) in [6.45, 7) is 2.04. The summed E-state index contributed by atoms with van der Waals surface area (Å²) in [6, 6.07) is 3.39. The van der Waals surface area contributed by atoms with Crippen molar-refractivity contribution in [1.82, 2.24) is 10.2 Å². The number of nitrogens with one attached hydrogen (secondary N) is 1. The minimum Gasteiger partial charge on any atom is -0.383 e. The van der Waals surface area contributed by atoms with Gasteiger partial charge in [0.15, 0.2) is 0 Å². The zero-order valence-corrected chi connectivity index (χ0v) is 13.3. The van der Waals surface area contributed by atoms with Gasteiger partial charge in [-0.15, -0.1) is 0 Å². The second-order valence-electron chi connectivity index (χ2n) is 5.03. The van der Waals surface area contributed by atoms with E-state index in [1.165, 1.54) is 6.07 Å². The Labute approximate surface area is 133 Å². The van der Waals surface area contributed by atoms with Gasteiger partial charge in [0.05, 0.1) is 6.61 Å². The van der Waals surface area contributed by atoms with Gasteiger partial charge in [-0.2, -0.15) is 11.8 Å². The van der Waals surface area contributed by atoms with E-state index in [1.807, 2.05) is 0 Å². The molecule has 122 valence electrons. The van der Waals surface area contributed by atoms with Gasteiger partial charge in [-0.3, -0.25) is 0 Å². The highest BCUT2D eigenvalue weighted by Crippen LogP contribution is 2.36. The summed E-state index contributed by atoms with van der Waals surface area (Å²) >= 11 is 1.56. The molecule has 0 saturated carbocycles. The van der Waals surface area contributed by atoms with E-state index in [0.717, 1.165) is 12.1 Å². The molecule has 2 amide bonds. The summed E-state index contributed by atoms with van der Waals surface area (Å²) in [5.41, 5.74) is 0.381. The molecule has 0 spiro atoms. The summed E-state index contributed by atoms with van der Waals surface area (Å²) in [4.78, 5) is 13.7. The Morgan fingerprint density at radius 3 is 3.05 bits per heavy atom. The van der Waals surface area contributed by atoms with Gasteiger partial charge in [0.25, 0.3) is 0 Å². The van der Waals surface area contributed by atoms with E-state index in [2.05, 4.69) is 5.32 Å². The van der Waals surface area contributed by atoms with E-state index in [-0.39, 0.29) is 11.3 Å². The number of carbonyl (C=O) groups is 1. The number of urea groups is 1. The van der Waals surface area contributed by atoms with Crippen molar-refractivity contribution in [3.05, 3.63) is 35.4 Å². The van der Waals surface area contributed by atoms with Crippen LogP contribution in [0.1, 0.15) is 17.2 Å². The van der Waals surface area contributed by atoms with E-state index >= 15 is 0 Å². The molecule has 1 unspecified atom stereocenters. The monoisotopic (exact) mass is 330 g/mol. The average molecular weight is 330 g/mol. The maximum atomic E-state index is 13.9. The molecule has 1 atom stereocenters. The molecule has 22 heavy (non-hydrogen) atoms. The molecule has 1 aliphatic rings. The Balaban J connectivity index is 1.94. The third-order valence-corrected chi connectivity index (χ3v) is 4.83. The lowest BCUT2D eigenvalue weighted by atomic mass is 10.1. The molecule has 1 N–H and O–H groups in total. The van der Waals surface area contributed by atoms with Crippen molar-refractivity contribution in [3.8, 4) is 0 Å². The number of nitrogens with zero attached hydrogens (tertiary/aromatic N) is 1. The molecule has 1 aliphatic heterocycles. The molecule has 1 aromatic carbocycles. The summed E-state index contributed by atoms with van der Waals surface area (Å²) < 4.78 is 32.1. The normalized spacial score (nSPS) is 18.9. The number of ether oxygens (including phenoxy) is 1. The summed E-state index contributed by atoms with van der Waals surface area (Å²) in [6.07, 6.45) is 0.600. The first kappa shape index (κ1) is 17.0. The van der Waals surface area contributed by atoms with Crippen molar-refractivity contribution in [2.24, 2.45) is 0 Å². The fourth-order valence-electron chi connectivity index (χ4n) is 2.35. The lowest BCUT2D eigenvalue weighted by molar-refractivity contribution is 0.181. The number of benzene rings is 1. The van der Waals surface area contributed by atoms with E-state index < -0.39 is 11.6 Å². The van der Waals surface area contributed by atoms with E-state index in [0.29, 0.717) is 44.0 Å². The Bertz CT molecular complexity index is 516. The summed E-state index contributed by atoms with van der Waals surface area (Å²) in [5, 5.41) is 2.64. The van der Waals surface area contributed by atoms with Gasteiger partial charge >= 0.3 is 6.03 Å². The van der Waals surface area contributed by atoms with Crippen LogP contribution in [0, 0.1) is 11.6 Å². The van der Waals surface area contributed by atoms with Crippen LogP contribution in [0.3, 0.4) is 0 Å². The molecule has 7 heteroatoms. The highest BCUT2D eigenvalue weighted by molar-refractivity contribution is 7.99. The topological polar surface area (TPSA) is 41.6 Å². The van der Waals surface area contributed by atoms with Gasteiger partial charge in [0.1, 0.15) is 11.6 Å². The van der Waals surface area contributed by atoms with Crippen LogP contribution in [-0.4, -0.2) is 50.0 Å². The van der Waals surface area contributed by atoms with Crippen LogP contribution in [0.15, 0.2) is 18.2 Å². The molecule has 0 aromatic heterocycles. The number of hydrogen-bond acceptors (Lipinski definition) is 3. The first-order chi connectivity index (χ1) is 10.6. The maximum Gasteiger partial charge on any atom is 0.317 e. The maximum absolute atomic E-state index is 13.9. The van der Waals surface area contributed by atoms with E-state index in [1.54, 1.807) is 23.8 Å². The lowest BCUT2D eigenvalue weighted by Crippen LogP contribution is -2.42. The van der Waals surface area contributed by atoms with Gasteiger partial charge in [-0.1, -0.05) is 0 Å². The van der Waals surface area contributed by atoms with Gasteiger partial charge in [-0.25, -0.2) is 13.6 Å². The van der Waals surface area contributed by atoms with Crippen LogP contribution in [0.2, 0.25) is 0 Å². The quantitative estimate of drug-likeness (QED) is 0.863. The third kappa shape index (κ3) is 4.58. The predicted octanol–water partition coefficient (Wildman–Crippen LogP) is 2.80. The summed E-state index contributed by atoms with van der Waals surface area (Å²) in [5.74, 6) is -0.134. The summed E-state index contributed by atoms with van der Waals surface area (Å²) in [7, 11) is 1.58. The van der Waals surface area contributed by atoms with Crippen molar-refractivity contribution >= 4 is 17.8 Å². The number of halogens is 2. The molecule has 1 fully saturated rings. The van der Waals surface area contributed by atoms with Crippen molar-refractivity contribution in [2.45, 2.75) is 11.7 Å². The molecule has 0 radical (unpaired) electrons. The van der Waals surface area contributed by atoms with Crippen LogP contribution in [0.5, 0.6) is 0 Å². The second kappa shape index (κ2) is 8.33. The zero-order chi connectivity index (χ0) is 15.9. The molecule has 1 heterocycles. The Hall–Kier alpha value is -1.34. The van der Waals surface area contributed by atoms with Crippen molar-refractivity contribution in [3.63, 3.8) is 0 Å². The van der Waals surface area contributed by atoms with Crippen molar-refractivity contribution < 1.29 is 18.3 Å². The number of carbonyl (C=O) groups excluding carboxylic acids is 1. The van der Waals surface area contributed by atoms with Crippen LogP contribution in [0.4, 0.5) is 13.6 Å². The van der Waals surface area contributed by atoms with Crippen molar-refractivity contribution in [2.75, 3.05) is 39.1 Å². The Kier molecular flexibility index (Phi) is 6.45. The fourth-order valence-corrected chi connectivity index (χ4v) is 3.60. The van der Waals surface area contributed by atoms with Gasteiger partial charge in [-0.05, 0) is 24.6 Å². The number of methoxy groups -OCH3 is 1. The molecule has 0 bridgehead atoms. The van der Waals surface area contributed by atoms with Gasteiger partial charge < -0.3 is 15.0 Å². The van der Waals surface area contributed by atoms with Crippen LogP contribution in [0.25, 0.3) is 0 Å². The van der Waals surface area contributed by atoms with Crippen molar-refractivity contribution in [1.29, 1.82) is 0 Å². The first-order valence-electron chi connectivity index (χ1n) is 7.20. The minimum atomic E-state index is -0.435. The molecule has 1 aromatic rings. The SMILES string of the molecule is COCCNC(=O)N1CCSC(c2cc(F)ccc2F)CC1. The number of thioether (sulfide) groups is 1. The third-order valence-electron chi connectivity index (χ3n) is 3.52. The molecule has 1 saturated heterocycles. The molecular weight excluding hydrogens is 310 g/mol. The van der Waals surface area contributed by atoms with Gasteiger partial charge in [0.2, 0.25) is 0 Å². The predicted molar refractivity (Wildman–Crippen MR) is 83.0 cm³/mol. The van der Waals surface area contributed by atoms with Crippen LogP contribution in [-0.2, 0) is 4.74 Å². The molecule has 2 rings (SSSR count). The minimum absolute atomic E-state index is 0.132.